The van der Waals surface area contributed by atoms with E-state index in [0.29, 0.717) is 5.92 Å². The average Bonchev–Trinajstić information content (AvgIpc) is 2.41. The van der Waals surface area contributed by atoms with Crippen molar-refractivity contribution in [3.8, 4) is 0 Å². The molecule has 1 aliphatic carbocycles. The molecule has 21 heavy (non-hydrogen) atoms. The van der Waals surface area contributed by atoms with Gasteiger partial charge in [0, 0.05) is 12.1 Å². The fourth-order valence-corrected chi connectivity index (χ4v) is 3.79. The lowest BCUT2D eigenvalue weighted by Crippen LogP contribution is -2.37. The number of nitrogens with zero attached hydrogens (tertiary/aromatic N) is 1. The van der Waals surface area contributed by atoms with Crippen molar-refractivity contribution in [2.45, 2.75) is 43.5 Å². The van der Waals surface area contributed by atoms with E-state index >= 15 is 0 Å². The number of hydrogen-bond acceptors (Lipinski definition) is 4. The van der Waals surface area contributed by atoms with Gasteiger partial charge in [-0.05, 0) is 43.7 Å². The van der Waals surface area contributed by atoms with Gasteiger partial charge >= 0.3 is 5.69 Å². The van der Waals surface area contributed by atoms with Crippen LogP contribution in [-0.2, 0) is 10.0 Å². The van der Waals surface area contributed by atoms with E-state index in [0.717, 1.165) is 43.9 Å². The third-order valence-electron chi connectivity index (χ3n) is 3.76. The Kier molecular flexibility index (Phi) is 4.58. The number of nitro benzene ring substituents is 1. The molecule has 0 atom stereocenters. The van der Waals surface area contributed by atoms with Crippen LogP contribution >= 0.6 is 0 Å². The Morgan fingerprint density at radius 1 is 1.29 bits per heavy atom. The van der Waals surface area contributed by atoms with Gasteiger partial charge < -0.3 is 0 Å². The average molecular weight is 316 g/mol. The molecule has 1 aliphatic rings. The van der Waals surface area contributed by atoms with Crippen LogP contribution in [0.15, 0.2) is 23.1 Å². The molecule has 1 N–H and O–H groups in total. The van der Waals surface area contributed by atoms with Crippen LogP contribution in [0.2, 0.25) is 0 Å². The highest BCUT2D eigenvalue weighted by atomic mass is 32.2. The summed E-state index contributed by atoms with van der Waals surface area (Å²) in [7, 11) is -3.87. The van der Waals surface area contributed by atoms with Gasteiger partial charge in [0.25, 0.3) is 0 Å². The summed E-state index contributed by atoms with van der Waals surface area (Å²) in [4.78, 5) is 9.46. The molecule has 1 aromatic carbocycles. The van der Waals surface area contributed by atoms with Crippen LogP contribution < -0.4 is 4.72 Å². The zero-order chi connectivity index (χ0) is 15.6. The van der Waals surface area contributed by atoms with Gasteiger partial charge in [0.1, 0.15) is 0 Å². The van der Waals surface area contributed by atoms with E-state index in [-0.39, 0.29) is 10.9 Å². The molecular weight excluding hydrogens is 299 g/mol. The highest BCUT2D eigenvalue weighted by Gasteiger charge is 2.26. The smallest absolute Gasteiger partial charge is 0.258 e. The molecule has 116 valence electrons. The van der Waals surface area contributed by atoms with Crippen molar-refractivity contribution in [3.63, 3.8) is 0 Å². The zero-order valence-corrected chi connectivity index (χ0v) is 12.4. The number of rotatable bonds is 4. The largest absolute Gasteiger partial charge is 0.306 e. The lowest BCUT2D eigenvalue weighted by molar-refractivity contribution is -0.387. The molecule has 1 aromatic rings. The number of nitro groups is 1. The minimum atomic E-state index is -3.87. The Balaban J connectivity index is 2.20. The molecule has 8 heteroatoms. The molecule has 0 spiro atoms. The summed E-state index contributed by atoms with van der Waals surface area (Å²) in [5, 5.41) is 10.7. The van der Waals surface area contributed by atoms with Crippen LogP contribution in [0.3, 0.4) is 0 Å². The first-order valence-electron chi connectivity index (χ1n) is 6.76. The number of hydrogen-bond donors (Lipinski definition) is 1. The highest BCUT2D eigenvalue weighted by molar-refractivity contribution is 7.89. The first-order chi connectivity index (χ1) is 9.79. The van der Waals surface area contributed by atoms with E-state index in [1.807, 2.05) is 0 Å². The minimum absolute atomic E-state index is 0.171. The summed E-state index contributed by atoms with van der Waals surface area (Å²) < 4.78 is 40.2. The molecule has 0 amide bonds. The van der Waals surface area contributed by atoms with Crippen molar-refractivity contribution in [3.05, 3.63) is 34.1 Å². The zero-order valence-electron chi connectivity index (χ0n) is 11.6. The van der Waals surface area contributed by atoms with Crippen LogP contribution in [0.1, 0.15) is 32.6 Å². The van der Waals surface area contributed by atoms with E-state index in [1.54, 1.807) is 0 Å². The van der Waals surface area contributed by atoms with Crippen molar-refractivity contribution in [2.24, 2.45) is 5.92 Å². The third kappa shape index (κ3) is 3.76. The quantitative estimate of drug-likeness (QED) is 0.683. The molecule has 0 radical (unpaired) electrons. The maximum absolute atomic E-state index is 13.3. The highest BCUT2D eigenvalue weighted by Crippen LogP contribution is 2.26. The molecule has 0 bridgehead atoms. The Morgan fingerprint density at radius 2 is 1.90 bits per heavy atom. The predicted molar refractivity (Wildman–Crippen MR) is 74.8 cm³/mol. The van der Waals surface area contributed by atoms with E-state index in [1.165, 1.54) is 0 Å². The predicted octanol–water partition coefficient (Wildman–Crippen LogP) is 2.59. The van der Waals surface area contributed by atoms with Crippen LogP contribution in [0.5, 0.6) is 0 Å². The maximum Gasteiger partial charge on any atom is 0.306 e. The van der Waals surface area contributed by atoms with Gasteiger partial charge in [-0.15, -0.1) is 0 Å². The van der Waals surface area contributed by atoms with Crippen LogP contribution in [-0.4, -0.2) is 19.4 Å². The molecule has 0 heterocycles. The van der Waals surface area contributed by atoms with Gasteiger partial charge in [-0.1, -0.05) is 6.92 Å². The lowest BCUT2D eigenvalue weighted by Gasteiger charge is -2.26. The van der Waals surface area contributed by atoms with Gasteiger partial charge in [-0.3, -0.25) is 10.1 Å². The van der Waals surface area contributed by atoms with Crippen LogP contribution in [0.25, 0.3) is 0 Å². The number of benzene rings is 1. The summed E-state index contributed by atoms with van der Waals surface area (Å²) >= 11 is 0. The van der Waals surface area contributed by atoms with Crippen molar-refractivity contribution in [1.29, 1.82) is 0 Å². The standard InChI is InChI=1S/C13H17FN2O4S/c1-9-2-4-10(5-3-9)15-21(19,20)11-6-7-12(14)13(8-11)16(17)18/h6-10,15H,2-5H2,1H3. The summed E-state index contributed by atoms with van der Waals surface area (Å²) in [6.07, 6.45) is 3.36. The normalized spacial score (nSPS) is 23.0. The second-order valence-corrected chi connectivity index (χ2v) is 7.16. The maximum atomic E-state index is 13.3. The SMILES string of the molecule is CC1CCC(NS(=O)(=O)c2ccc(F)c([N+](=O)[O-])c2)CC1. The Morgan fingerprint density at radius 3 is 2.48 bits per heavy atom. The first kappa shape index (κ1) is 15.8. The van der Waals surface area contributed by atoms with Gasteiger partial charge in [-0.2, -0.15) is 4.39 Å². The summed E-state index contributed by atoms with van der Waals surface area (Å²) in [6.45, 7) is 2.12. The number of sulfonamides is 1. The Hall–Kier alpha value is -1.54. The molecular formula is C13H17FN2O4S. The fourth-order valence-electron chi connectivity index (χ4n) is 2.46. The molecule has 0 aromatic heterocycles. The van der Waals surface area contributed by atoms with Crippen LogP contribution in [0.4, 0.5) is 10.1 Å². The number of halogens is 1. The monoisotopic (exact) mass is 316 g/mol. The topological polar surface area (TPSA) is 89.3 Å². The summed E-state index contributed by atoms with van der Waals surface area (Å²) in [5.41, 5.74) is -0.838. The Labute approximate surface area is 122 Å². The van der Waals surface area contributed by atoms with E-state index < -0.39 is 26.5 Å². The van der Waals surface area contributed by atoms with Gasteiger partial charge in [0.05, 0.1) is 9.82 Å². The van der Waals surface area contributed by atoms with E-state index in [2.05, 4.69) is 11.6 Å². The Bertz CT molecular complexity index is 640. The second kappa shape index (κ2) is 6.07. The van der Waals surface area contributed by atoms with Crippen molar-refractivity contribution in [2.75, 3.05) is 0 Å². The van der Waals surface area contributed by atoms with Crippen LogP contribution in [0, 0.1) is 21.8 Å². The van der Waals surface area contributed by atoms with Crippen molar-refractivity contribution >= 4 is 15.7 Å². The molecule has 1 fully saturated rings. The van der Waals surface area contributed by atoms with E-state index in [4.69, 9.17) is 0 Å². The molecule has 0 saturated heterocycles. The van der Waals surface area contributed by atoms with Crippen molar-refractivity contribution in [1.82, 2.24) is 4.72 Å². The van der Waals surface area contributed by atoms with E-state index in [9.17, 15) is 22.9 Å². The molecule has 6 nitrogen and oxygen atoms in total. The number of nitrogens with one attached hydrogen (secondary N) is 1. The molecule has 1 saturated carbocycles. The molecule has 2 rings (SSSR count). The molecule has 0 unspecified atom stereocenters. The second-order valence-electron chi connectivity index (χ2n) is 5.45. The summed E-state index contributed by atoms with van der Waals surface area (Å²) in [5.74, 6) is -0.469. The third-order valence-corrected chi connectivity index (χ3v) is 5.28. The van der Waals surface area contributed by atoms with Gasteiger partial charge in [0.2, 0.25) is 15.8 Å². The van der Waals surface area contributed by atoms with Gasteiger partial charge in [-0.25, -0.2) is 13.1 Å². The van der Waals surface area contributed by atoms with Crippen molar-refractivity contribution < 1.29 is 17.7 Å². The minimum Gasteiger partial charge on any atom is -0.258 e. The molecule has 0 aliphatic heterocycles. The lowest BCUT2D eigenvalue weighted by atomic mass is 9.88. The summed E-state index contributed by atoms with van der Waals surface area (Å²) in [6, 6.07) is 2.42. The fraction of sp³-hybridized carbons (Fsp3) is 0.538. The first-order valence-corrected chi connectivity index (χ1v) is 8.24. The van der Waals surface area contributed by atoms with Gasteiger partial charge in [0.15, 0.2) is 0 Å².